The number of aryl methyl sites for hydroxylation is 1. The van der Waals surface area contributed by atoms with E-state index in [0.29, 0.717) is 0 Å². The molecule has 1 aromatic carbocycles. The second-order valence-electron chi connectivity index (χ2n) is 4.22. The average Bonchev–Trinajstić information content (AvgIpc) is 2.64. The fourth-order valence-corrected chi connectivity index (χ4v) is 2.62. The third-order valence-electron chi connectivity index (χ3n) is 2.83. The maximum Gasteiger partial charge on any atom is 0.127 e. The van der Waals surface area contributed by atoms with E-state index in [-0.39, 0.29) is 5.38 Å². The van der Waals surface area contributed by atoms with Crippen LogP contribution < -0.4 is 0 Å². The smallest absolute Gasteiger partial charge is 0.127 e. The van der Waals surface area contributed by atoms with Crippen molar-refractivity contribution in [2.75, 3.05) is 0 Å². The van der Waals surface area contributed by atoms with E-state index in [2.05, 4.69) is 57.3 Å². The van der Waals surface area contributed by atoms with E-state index >= 15 is 0 Å². The Kier molecular flexibility index (Phi) is 4.31. The number of imidazole rings is 1. The van der Waals surface area contributed by atoms with Crippen LogP contribution >= 0.6 is 34.2 Å². The average molecular weight is 363 g/mol. The molecular formula is C13H16ClIN2. The molecule has 0 aliphatic heterocycles. The van der Waals surface area contributed by atoms with Crippen LogP contribution in [-0.4, -0.2) is 9.55 Å². The molecule has 0 radical (unpaired) electrons. The Morgan fingerprint density at radius 3 is 2.88 bits per heavy atom. The van der Waals surface area contributed by atoms with Gasteiger partial charge in [-0.15, -0.1) is 11.6 Å². The molecule has 0 bridgehead atoms. The minimum absolute atomic E-state index is 0.0445. The van der Waals surface area contributed by atoms with Gasteiger partial charge in [0.15, 0.2) is 0 Å². The van der Waals surface area contributed by atoms with Gasteiger partial charge in [0.05, 0.1) is 16.4 Å². The standard InChI is InChI=1S/C13H16ClIN2/c1-3-4-7-17-12-6-5-10(15)8-11(12)16-13(17)9(2)14/h5-6,8-9H,3-4,7H2,1-2H3. The summed E-state index contributed by atoms with van der Waals surface area (Å²) in [5.74, 6) is 0.983. The van der Waals surface area contributed by atoms with E-state index in [4.69, 9.17) is 11.6 Å². The predicted octanol–water partition coefficient (Wildman–Crippen LogP) is 4.74. The molecule has 1 unspecified atom stereocenters. The van der Waals surface area contributed by atoms with E-state index in [1.807, 2.05) is 6.92 Å². The summed E-state index contributed by atoms with van der Waals surface area (Å²) in [6.07, 6.45) is 2.34. The summed E-state index contributed by atoms with van der Waals surface area (Å²) in [4.78, 5) is 4.65. The van der Waals surface area contributed by atoms with Crippen molar-refractivity contribution in [3.8, 4) is 0 Å². The second-order valence-corrected chi connectivity index (χ2v) is 6.12. The number of aromatic nitrogens is 2. The van der Waals surface area contributed by atoms with E-state index in [1.54, 1.807) is 0 Å². The summed E-state index contributed by atoms with van der Waals surface area (Å²) >= 11 is 8.53. The number of nitrogens with zero attached hydrogens (tertiary/aromatic N) is 2. The van der Waals surface area contributed by atoms with Gasteiger partial charge in [-0.1, -0.05) is 13.3 Å². The molecule has 92 valence electrons. The van der Waals surface area contributed by atoms with Gasteiger partial charge < -0.3 is 4.57 Å². The third kappa shape index (κ3) is 2.76. The monoisotopic (exact) mass is 362 g/mol. The Bertz CT molecular complexity index is 519. The first-order chi connectivity index (χ1) is 8.13. The highest BCUT2D eigenvalue weighted by atomic mass is 127. The first-order valence-electron chi connectivity index (χ1n) is 5.93. The first-order valence-corrected chi connectivity index (χ1v) is 7.44. The topological polar surface area (TPSA) is 17.8 Å². The molecule has 0 fully saturated rings. The Labute approximate surface area is 121 Å². The number of hydrogen-bond acceptors (Lipinski definition) is 1. The Morgan fingerprint density at radius 1 is 1.47 bits per heavy atom. The van der Waals surface area contributed by atoms with Crippen LogP contribution in [0.15, 0.2) is 18.2 Å². The Hall–Kier alpha value is -0.290. The lowest BCUT2D eigenvalue weighted by atomic mass is 10.3. The van der Waals surface area contributed by atoms with Crippen molar-refractivity contribution < 1.29 is 0 Å². The van der Waals surface area contributed by atoms with Crippen molar-refractivity contribution in [3.63, 3.8) is 0 Å². The lowest BCUT2D eigenvalue weighted by Crippen LogP contribution is -2.04. The van der Waals surface area contributed by atoms with Crippen LogP contribution in [0.1, 0.15) is 37.9 Å². The van der Waals surface area contributed by atoms with Gasteiger partial charge in [0.2, 0.25) is 0 Å². The lowest BCUT2D eigenvalue weighted by molar-refractivity contribution is 0.616. The summed E-state index contributed by atoms with van der Waals surface area (Å²) in [6, 6.07) is 6.37. The van der Waals surface area contributed by atoms with Crippen molar-refractivity contribution in [1.82, 2.24) is 9.55 Å². The van der Waals surface area contributed by atoms with Crippen LogP contribution in [0, 0.1) is 3.57 Å². The SMILES string of the molecule is CCCCn1c(C(C)Cl)nc2cc(I)ccc21. The third-order valence-corrected chi connectivity index (χ3v) is 3.70. The fourth-order valence-electron chi connectivity index (χ4n) is 1.98. The number of fused-ring (bicyclic) bond motifs is 1. The van der Waals surface area contributed by atoms with Crippen molar-refractivity contribution in [3.05, 3.63) is 27.6 Å². The molecule has 0 aliphatic rings. The van der Waals surface area contributed by atoms with Gasteiger partial charge in [0.25, 0.3) is 0 Å². The molecule has 1 heterocycles. The number of benzene rings is 1. The second kappa shape index (κ2) is 5.57. The Morgan fingerprint density at radius 2 is 2.24 bits per heavy atom. The van der Waals surface area contributed by atoms with Gasteiger partial charge in [0.1, 0.15) is 5.82 Å². The fraction of sp³-hybridized carbons (Fsp3) is 0.462. The molecule has 2 aromatic rings. The van der Waals surface area contributed by atoms with Gasteiger partial charge in [0, 0.05) is 10.1 Å². The van der Waals surface area contributed by atoms with Crippen LogP contribution in [0.5, 0.6) is 0 Å². The Balaban J connectivity index is 2.54. The van der Waals surface area contributed by atoms with Gasteiger partial charge in [-0.25, -0.2) is 4.98 Å². The van der Waals surface area contributed by atoms with E-state index in [0.717, 1.165) is 24.3 Å². The molecule has 0 aliphatic carbocycles. The highest BCUT2D eigenvalue weighted by Gasteiger charge is 2.14. The number of halogens is 2. The predicted molar refractivity (Wildman–Crippen MR) is 81.6 cm³/mol. The summed E-state index contributed by atoms with van der Waals surface area (Å²) in [5.41, 5.74) is 2.25. The molecule has 0 amide bonds. The zero-order valence-electron chi connectivity index (χ0n) is 10.1. The molecule has 1 aromatic heterocycles. The number of rotatable bonds is 4. The van der Waals surface area contributed by atoms with E-state index in [1.165, 1.54) is 15.5 Å². The highest BCUT2D eigenvalue weighted by molar-refractivity contribution is 14.1. The maximum atomic E-state index is 6.21. The van der Waals surface area contributed by atoms with E-state index < -0.39 is 0 Å². The van der Waals surface area contributed by atoms with Crippen molar-refractivity contribution in [2.24, 2.45) is 0 Å². The molecule has 1 atom stereocenters. The summed E-state index contributed by atoms with van der Waals surface area (Å²) in [6.45, 7) is 5.18. The summed E-state index contributed by atoms with van der Waals surface area (Å²) in [7, 11) is 0. The van der Waals surface area contributed by atoms with Crippen LogP contribution in [0.2, 0.25) is 0 Å². The van der Waals surface area contributed by atoms with Gasteiger partial charge >= 0.3 is 0 Å². The maximum absolute atomic E-state index is 6.21. The zero-order chi connectivity index (χ0) is 12.4. The zero-order valence-corrected chi connectivity index (χ0v) is 13.0. The summed E-state index contributed by atoms with van der Waals surface area (Å²) in [5, 5.41) is -0.0445. The van der Waals surface area contributed by atoms with Gasteiger partial charge in [-0.05, 0) is 54.1 Å². The van der Waals surface area contributed by atoms with Crippen molar-refractivity contribution in [1.29, 1.82) is 0 Å². The minimum Gasteiger partial charge on any atom is -0.327 e. The lowest BCUT2D eigenvalue weighted by Gasteiger charge is -2.09. The van der Waals surface area contributed by atoms with Crippen LogP contribution in [0.4, 0.5) is 0 Å². The quantitative estimate of drug-likeness (QED) is 0.567. The van der Waals surface area contributed by atoms with Crippen LogP contribution in [-0.2, 0) is 6.54 Å². The number of alkyl halides is 1. The largest absolute Gasteiger partial charge is 0.327 e. The van der Waals surface area contributed by atoms with E-state index in [9.17, 15) is 0 Å². The van der Waals surface area contributed by atoms with Crippen LogP contribution in [0.3, 0.4) is 0 Å². The molecule has 0 saturated heterocycles. The number of unbranched alkanes of at least 4 members (excludes halogenated alkanes) is 1. The van der Waals surface area contributed by atoms with Gasteiger partial charge in [-0.3, -0.25) is 0 Å². The molecule has 4 heteroatoms. The van der Waals surface area contributed by atoms with Crippen molar-refractivity contribution in [2.45, 2.75) is 38.6 Å². The van der Waals surface area contributed by atoms with Crippen LogP contribution in [0.25, 0.3) is 11.0 Å². The van der Waals surface area contributed by atoms with Gasteiger partial charge in [-0.2, -0.15) is 0 Å². The molecular weight excluding hydrogens is 347 g/mol. The molecule has 0 N–H and O–H groups in total. The molecule has 17 heavy (non-hydrogen) atoms. The minimum atomic E-state index is -0.0445. The normalized spacial score (nSPS) is 13.2. The molecule has 0 saturated carbocycles. The molecule has 2 rings (SSSR count). The number of hydrogen-bond donors (Lipinski definition) is 0. The summed E-state index contributed by atoms with van der Waals surface area (Å²) < 4.78 is 3.47. The van der Waals surface area contributed by atoms with Crippen molar-refractivity contribution >= 4 is 45.2 Å². The highest BCUT2D eigenvalue weighted by Crippen LogP contribution is 2.26. The molecule has 0 spiro atoms. The first kappa shape index (κ1) is 13.1. The molecule has 2 nitrogen and oxygen atoms in total.